The zero-order valence-electron chi connectivity index (χ0n) is 11.7. The Morgan fingerprint density at radius 2 is 1.84 bits per heavy atom. The van der Waals surface area contributed by atoms with Crippen molar-refractivity contribution in [3.05, 3.63) is 24.0 Å². The van der Waals surface area contributed by atoms with E-state index in [-0.39, 0.29) is 22.5 Å². The fourth-order valence-corrected chi connectivity index (χ4v) is 3.73. The summed E-state index contributed by atoms with van der Waals surface area (Å²) in [5.74, 6) is -0.352. The molecule has 0 spiro atoms. The van der Waals surface area contributed by atoms with Gasteiger partial charge in [0.15, 0.2) is 0 Å². The van der Waals surface area contributed by atoms with Crippen LogP contribution in [-0.4, -0.2) is 25.3 Å². The summed E-state index contributed by atoms with van der Waals surface area (Å²) in [6.45, 7) is 7.90. The lowest BCUT2D eigenvalue weighted by Crippen LogP contribution is -2.39. The second-order valence-corrected chi connectivity index (χ2v) is 7.10. The zero-order chi connectivity index (χ0) is 14.8. The first kappa shape index (κ1) is 15.9. The van der Waals surface area contributed by atoms with Crippen LogP contribution >= 0.6 is 0 Å². The van der Waals surface area contributed by atoms with E-state index in [1.807, 2.05) is 13.8 Å². The summed E-state index contributed by atoms with van der Waals surface area (Å²) in [7, 11) is -3.70. The molecule has 0 saturated heterocycles. The highest BCUT2D eigenvalue weighted by Gasteiger charge is 2.29. The predicted molar refractivity (Wildman–Crippen MR) is 74.7 cm³/mol. The molecule has 0 amide bonds. The second kappa shape index (κ2) is 5.88. The van der Waals surface area contributed by atoms with Gasteiger partial charge in [0.05, 0.1) is 5.69 Å². The molecule has 4 nitrogen and oxygen atoms in total. The number of nitrogens with zero attached hydrogens (tertiary/aromatic N) is 1. The summed E-state index contributed by atoms with van der Waals surface area (Å²) < 4.78 is 39.5. The molecule has 2 N–H and O–H groups in total. The number of rotatable bonds is 5. The lowest BCUT2D eigenvalue weighted by atomic mass is 10.2. The van der Waals surface area contributed by atoms with Crippen molar-refractivity contribution in [2.75, 3.05) is 12.3 Å². The van der Waals surface area contributed by atoms with Crippen LogP contribution in [0.25, 0.3) is 0 Å². The van der Waals surface area contributed by atoms with Crippen molar-refractivity contribution in [3.63, 3.8) is 0 Å². The minimum absolute atomic E-state index is 0.0387. The quantitative estimate of drug-likeness (QED) is 0.847. The topological polar surface area (TPSA) is 63.4 Å². The molecule has 0 radical (unpaired) electrons. The number of hydrogen-bond donors (Lipinski definition) is 1. The molecule has 0 aromatic heterocycles. The molecule has 0 fully saturated rings. The summed E-state index contributed by atoms with van der Waals surface area (Å²) in [6, 6.07) is 3.17. The lowest BCUT2D eigenvalue weighted by Gasteiger charge is -2.28. The van der Waals surface area contributed by atoms with Crippen LogP contribution in [0.2, 0.25) is 0 Å². The number of anilines is 1. The molecule has 1 aromatic rings. The molecule has 0 aliphatic rings. The fourth-order valence-electron chi connectivity index (χ4n) is 1.83. The lowest BCUT2D eigenvalue weighted by molar-refractivity contribution is 0.319. The number of benzene rings is 1. The van der Waals surface area contributed by atoms with Crippen LogP contribution in [0.3, 0.4) is 0 Å². The predicted octanol–water partition coefficient (Wildman–Crippen LogP) is 2.46. The minimum atomic E-state index is -3.70. The molecule has 0 aliphatic heterocycles. The Hall–Kier alpha value is -1.14. The van der Waals surface area contributed by atoms with Gasteiger partial charge in [-0.05, 0) is 38.0 Å². The molecule has 0 atom stereocenters. The molecule has 0 bridgehead atoms. The van der Waals surface area contributed by atoms with Crippen LogP contribution in [-0.2, 0) is 10.0 Å². The van der Waals surface area contributed by atoms with Gasteiger partial charge in [0, 0.05) is 12.6 Å². The zero-order valence-corrected chi connectivity index (χ0v) is 12.5. The van der Waals surface area contributed by atoms with Gasteiger partial charge in [-0.3, -0.25) is 0 Å². The van der Waals surface area contributed by atoms with E-state index in [9.17, 15) is 12.8 Å². The number of halogens is 1. The van der Waals surface area contributed by atoms with Crippen LogP contribution in [0, 0.1) is 11.7 Å². The van der Waals surface area contributed by atoms with Crippen LogP contribution < -0.4 is 5.73 Å². The van der Waals surface area contributed by atoms with Gasteiger partial charge in [0.1, 0.15) is 10.7 Å². The molecular formula is C13H21FN2O2S. The monoisotopic (exact) mass is 288 g/mol. The first-order valence-electron chi connectivity index (χ1n) is 6.23. The van der Waals surface area contributed by atoms with Crippen molar-refractivity contribution >= 4 is 15.7 Å². The van der Waals surface area contributed by atoms with E-state index in [2.05, 4.69) is 0 Å². The Kier molecular flexibility index (Phi) is 4.92. The molecule has 1 rings (SSSR count). The average Bonchev–Trinajstić information content (AvgIpc) is 2.24. The third-order valence-corrected chi connectivity index (χ3v) is 4.80. The van der Waals surface area contributed by atoms with Gasteiger partial charge >= 0.3 is 0 Å². The highest BCUT2D eigenvalue weighted by Crippen LogP contribution is 2.25. The molecule has 0 aliphatic carbocycles. The fraction of sp³-hybridized carbons (Fsp3) is 0.538. The van der Waals surface area contributed by atoms with E-state index < -0.39 is 15.8 Å². The largest absolute Gasteiger partial charge is 0.398 e. The molecule has 0 saturated carbocycles. The van der Waals surface area contributed by atoms with Crippen molar-refractivity contribution in [1.82, 2.24) is 4.31 Å². The maximum Gasteiger partial charge on any atom is 0.245 e. The Labute approximate surface area is 114 Å². The van der Waals surface area contributed by atoms with Gasteiger partial charge in [-0.15, -0.1) is 0 Å². The highest BCUT2D eigenvalue weighted by atomic mass is 32.2. The van der Waals surface area contributed by atoms with Gasteiger partial charge in [-0.25, -0.2) is 12.8 Å². The van der Waals surface area contributed by atoms with E-state index in [4.69, 9.17) is 5.73 Å². The SMILES string of the molecule is CC(C)CN(C(C)C)S(=O)(=O)c1ccc(F)cc1N. The summed E-state index contributed by atoms with van der Waals surface area (Å²) in [6.07, 6.45) is 0. The highest BCUT2D eigenvalue weighted by molar-refractivity contribution is 7.89. The van der Waals surface area contributed by atoms with Gasteiger partial charge in [0.25, 0.3) is 0 Å². The number of sulfonamides is 1. The summed E-state index contributed by atoms with van der Waals surface area (Å²) in [5.41, 5.74) is 5.57. The van der Waals surface area contributed by atoms with Crippen molar-refractivity contribution in [3.8, 4) is 0 Å². The summed E-state index contributed by atoms with van der Waals surface area (Å²) in [5, 5.41) is 0. The van der Waals surface area contributed by atoms with E-state index in [1.54, 1.807) is 13.8 Å². The van der Waals surface area contributed by atoms with Crippen molar-refractivity contribution < 1.29 is 12.8 Å². The Balaban J connectivity index is 3.27. The van der Waals surface area contributed by atoms with Gasteiger partial charge in [-0.1, -0.05) is 13.8 Å². The van der Waals surface area contributed by atoms with Crippen LogP contribution in [0.4, 0.5) is 10.1 Å². The van der Waals surface area contributed by atoms with Crippen LogP contribution in [0.5, 0.6) is 0 Å². The third kappa shape index (κ3) is 3.67. The van der Waals surface area contributed by atoms with Gasteiger partial charge in [-0.2, -0.15) is 4.31 Å². The standard InChI is InChI=1S/C13H21FN2O2S/c1-9(2)8-16(10(3)4)19(17,18)13-6-5-11(14)7-12(13)15/h5-7,9-10H,8,15H2,1-4H3. The van der Waals surface area contributed by atoms with E-state index >= 15 is 0 Å². The number of nitrogens with two attached hydrogens (primary N) is 1. The first-order chi connectivity index (χ1) is 8.66. The third-order valence-electron chi connectivity index (χ3n) is 2.68. The van der Waals surface area contributed by atoms with E-state index in [0.717, 1.165) is 12.1 Å². The maximum atomic E-state index is 13.0. The number of hydrogen-bond acceptors (Lipinski definition) is 3. The Morgan fingerprint density at radius 1 is 1.26 bits per heavy atom. The van der Waals surface area contributed by atoms with Crippen molar-refractivity contribution in [2.24, 2.45) is 5.92 Å². The van der Waals surface area contributed by atoms with Gasteiger partial charge in [0.2, 0.25) is 10.0 Å². The van der Waals surface area contributed by atoms with E-state index in [1.165, 1.54) is 10.4 Å². The second-order valence-electron chi connectivity index (χ2n) is 5.24. The van der Waals surface area contributed by atoms with Crippen LogP contribution in [0.1, 0.15) is 27.7 Å². The Morgan fingerprint density at radius 3 is 2.26 bits per heavy atom. The number of nitrogen functional groups attached to an aromatic ring is 1. The molecule has 0 heterocycles. The minimum Gasteiger partial charge on any atom is -0.398 e. The first-order valence-corrected chi connectivity index (χ1v) is 7.67. The van der Waals surface area contributed by atoms with Crippen molar-refractivity contribution in [1.29, 1.82) is 0 Å². The summed E-state index contributed by atoms with van der Waals surface area (Å²) in [4.78, 5) is -0.0387. The molecule has 0 unspecified atom stereocenters. The van der Waals surface area contributed by atoms with E-state index in [0.29, 0.717) is 6.54 Å². The smallest absolute Gasteiger partial charge is 0.245 e. The Bertz CT molecular complexity index is 542. The molecule has 108 valence electrons. The van der Waals surface area contributed by atoms with Gasteiger partial charge < -0.3 is 5.73 Å². The maximum absolute atomic E-state index is 13.0. The average molecular weight is 288 g/mol. The van der Waals surface area contributed by atoms with Crippen LogP contribution in [0.15, 0.2) is 23.1 Å². The van der Waals surface area contributed by atoms with Crippen molar-refractivity contribution in [2.45, 2.75) is 38.6 Å². The normalized spacial score (nSPS) is 12.6. The molecule has 1 aromatic carbocycles. The molecule has 19 heavy (non-hydrogen) atoms. The molecule has 6 heteroatoms. The summed E-state index contributed by atoms with van der Waals surface area (Å²) >= 11 is 0. The molecular weight excluding hydrogens is 267 g/mol.